The number of benzene rings is 1. The highest BCUT2D eigenvalue weighted by atomic mass is 16.6. The van der Waals surface area contributed by atoms with Crippen LogP contribution in [0.1, 0.15) is 49.4 Å². The summed E-state index contributed by atoms with van der Waals surface area (Å²) in [7, 11) is 0. The lowest BCUT2D eigenvalue weighted by atomic mass is 9.99. The van der Waals surface area contributed by atoms with Gasteiger partial charge in [0.2, 0.25) is 11.8 Å². The first-order chi connectivity index (χ1) is 15.9. The first-order valence-corrected chi connectivity index (χ1v) is 11.8. The minimum atomic E-state index is -0.497. The largest absolute Gasteiger partial charge is 0.362 e. The van der Waals surface area contributed by atoms with Gasteiger partial charge in [0, 0.05) is 64.4 Å². The van der Waals surface area contributed by atoms with Crippen molar-refractivity contribution in [2.45, 2.75) is 45.1 Å². The lowest BCUT2D eigenvalue weighted by Crippen LogP contribution is -2.52. The van der Waals surface area contributed by atoms with Crippen molar-refractivity contribution in [3.63, 3.8) is 0 Å². The van der Waals surface area contributed by atoms with E-state index in [0.29, 0.717) is 44.8 Å². The Labute approximate surface area is 193 Å². The van der Waals surface area contributed by atoms with Crippen LogP contribution in [0.15, 0.2) is 18.2 Å². The van der Waals surface area contributed by atoms with Crippen molar-refractivity contribution in [3.05, 3.63) is 33.9 Å². The summed E-state index contributed by atoms with van der Waals surface area (Å²) in [5.41, 5.74) is 0.550. The van der Waals surface area contributed by atoms with E-state index in [2.05, 4.69) is 0 Å². The lowest BCUT2D eigenvalue weighted by molar-refractivity contribution is -0.384. The molecule has 3 aliphatic heterocycles. The molecule has 1 aromatic rings. The maximum absolute atomic E-state index is 13.4. The van der Waals surface area contributed by atoms with E-state index in [1.54, 1.807) is 21.9 Å². The molecule has 0 radical (unpaired) electrons. The van der Waals surface area contributed by atoms with Gasteiger partial charge in [0.05, 0.1) is 4.92 Å². The Kier molecular flexibility index (Phi) is 6.80. The van der Waals surface area contributed by atoms with E-state index in [0.717, 1.165) is 38.8 Å². The van der Waals surface area contributed by atoms with Crippen LogP contribution in [-0.4, -0.2) is 89.2 Å². The molecule has 10 nitrogen and oxygen atoms in total. The normalized spacial score (nSPS) is 21.3. The van der Waals surface area contributed by atoms with Crippen LogP contribution in [-0.2, 0) is 9.59 Å². The summed E-state index contributed by atoms with van der Waals surface area (Å²) >= 11 is 0. The van der Waals surface area contributed by atoms with Gasteiger partial charge in [-0.2, -0.15) is 0 Å². The Morgan fingerprint density at radius 3 is 2.21 bits per heavy atom. The van der Waals surface area contributed by atoms with E-state index in [-0.39, 0.29) is 29.0 Å². The fraction of sp³-hybridized carbons (Fsp3) is 0.609. The number of nitro benzene ring substituents is 1. The Balaban J connectivity index is 1.55. The summed E-state index contributed by atoms with van der Waals surface area (Å²) in [6.45, 7) is 5.44. The van der Waals surface area contributed by atoms with Gasteiger partial charge in [-0.3, -0.25) is 24.5 Å². The van der Waals surface area contributed by atoms with Gasteiger partial charge in [-0.15, -0.1) is 0 Å². The molecule has 3 aliphatic rings. The van der Waals surface area contributed by atoms with Crippen molar-refractivity contribution in [3.8, 4) is 0 Å². The molecule has 1 aromatic carbocycles. The first kappa shape index (κ1) is 23.0. The molecule has 0 aromatic heterocycles. The van der Waals surface area contributed by atoms with Crippen molar-refractivity contribution >= 4 is 29.1 Å². The maximum Gasteiger partial charge on any atom is 0.293 e. The minimum absolute atomic E-state index is 0.00462. The molecule has 3 saturated heterocycles. The molecular formula is C23H31N5O5. The minimum Gasteiger partial charge on any atom is -0.362 e. The zero-order valence-corrected chi connectivity index (χ0v) is 19.1. The van der Waals surface area contributed by atoms with Crippen molar-refractivity contribution < 1.29 is 19.3 Å². The number of hydrogen-bond donors (Lipinski definition) is 0. The Morgan fingerprint density at radius 1 is 0.909 bits per heavy atom. The number of piperazine rings is 1. The highest BCUT2D eigenvalue weighted by molar-refractivity contribution is 5.99. The third-order valence-corrected chi connectivity index (χ3v) is 6.95. The van der Waals surface area contributed by atoms with Crippen LogP contribution in [0.5, 0.6) is 0 Å². The summed E-state index contributed by atoms with van der Waals surface area (Å²) in [5.74, 6) is -0.344. The van der Waals surface area contributed by atoms with Gasteiger partial charge in [0.1, 0.15) is 11.7 Å². The van der Waals surface area contributed by atoms with Crippen molar-refractivity contribution in [2.75, 3.05) is 50.7 Å². The maximum atomic E-state index is 13.4. The molecular weight excluding hydrogens is 426 g/mol. The zero-order valence-electron chi connectivity index (χ0n) is 19.1. The monoisotopic (exact) mass is 457 g/mol. The zero-order chi connectivity index (χ0) is 23.5. The number of carbonyl (C=O) groups is 3. The summed E-state index contributed by atoms with van der Waals surface area (Å²) < 4.78 is 0. The van der Waals surface area contributed by atoms with E-state index in [4.69, 9.17) is 0 Å². The molecule has 3 heterocycles. The molecule has 0 aliphatic carbocycles. The number of rotatable bonds is 4. The molecule has 0 bridgehead atoms. The third kappa shape index (κ3) is 4.79. The number of hydrogen-bond acceptors (Lipinski definition) is 6. The molecule has 178 valence electrons. The average molecular weight is 458 g/mol. The van der Waals surface area contributed by atoms with Gasteiger partial charge in [-0.1, -0.05) is 0 Å². The highest BCUT2D eigenvalue weighted by Crippen LogP contribution is 2.32. The molecule has 3 fully saturated rings. The van der Waals surface area contributed by atoms with Crippen LogP contribution in [0.25, 0.3) is 0 Å². The molecule has 1 unspecified atom stereocenters. The highest BCUT2D eigenvalue weighted by Gasteiger charge is 2.36. The number of likely N-dealkylation sites (tertiary alicyclic amines) is 2. The van der Waals surface area contributed by atoms with Gasteiger partial charge in [0.25, 0.3) is 11.6 Å². The van der Waals surface area contributed by atoms with Crippen LogP contribution < -0.4 is 4.90 Å². The van der Waals surface area contributed by atoms with Gasteiger partial charge < -0.3 is 19.6 Å². The molecule has 10 heteroatoms. The van der Waals surface area contributed by atoms with Gasteiger partial charge in [0.15, 0.2) is 0 Å². The molecule has 0 spiro atoms. The summed E-state index contributed by atoms with van der Waals surface area (Å²) in [5, 5.41) is 11.9. The van der Waals surface area contributed by atoms with E-state index >= 15 is 0 Å². The molecule has 3 amide bonds. The summed E-state index contributed by atoms with van der Waals surface area (Å²) in [6, 6.07) is 4.08. The second kappa shape index (κ2) is 9.76. The third-order valence-electron chi connectivity index (χ3n) is 6.95. The van der Waals surface area contributed by atoms with E-state index < -0.39 is 11.0 Å². The van der Waals surface area contributed by atoms with Crippen LogP contribution >= 0.6 is 0 Å². The number of nitro groups is 1. The molecule has 0 N–H and O–H groups in total. The van der Waals surface area contributed by atoms with E-state index in [1.165, 1.54) is 13.0 Å². The number of piperidine rings is 1. The number of amides is 3. The number of anilines is 1. The van der Waals surface area contributed by atoms with E-state index in [1.807, 2.05) is 9.80 Å². The average Bonchev–Trinajstić information content (AvgIpc) is 3.38. The Hall–Kier alpha value is -3.17. The number of carbonyl (C=O) groups excluding carboxylic acids is 3. The standard InChI is InChI=1S/C23H31N5O5/c1-17(29)24-12-14-25(15-13-24)19-8-7-18(16-21(19)28(32)33)22(30)27-11-3-2-6-20(27)23(31)26-9-4-5-10-26/h7-8,16,20H,2-6,9-15H2,1H3. The van der Waals surface area contributed by atoms with Crippen molar-refractivity contribution in [2.24, 2.45) is 0 Å². The Morgan fingerprint density at radius 2 is 1.58 bits per heavy atom. The quantitative estimate of drug-likeness (QED) is 0.505. The smallest absolute Gasteiger partial charge is 0.293 e. The predicted octanol–water partition coefficient (Wildman–Crippen LogP) is 1.88. The van der Waals surface area contributed by atoms with Gasteiger partial charge in [-0.05, 0) is 44.2 Å². The molecule has 1 atom stereocenters. The van der Waals surface area contributed by atoms with Crippen molar-refractivity contribution in [1.82, 2.24) is 14.7 Å². The first-order valence-electron chi connectivity index (χ1n) is 11.8. The Bertz CT molecular complexity index is 937. The van der Waals surface area contributed by atoms with Crippen LogP contribution in [0.2, 0.25) is 0 Å². The molecule has 4 rings (SSSR count). The summed E-state index contributed by atoms with van der Waals surface area (Å²) in [6.07, 6.45) is 4.30. The van der Waals surface area contributed by atoms with Gasteiger partial charge >= 0.3 is 0 Å². The van der Waals surface area contributed by atoms with Crippen LogP contribution in [0.4, 0.5) is 11.4 Å². The predicted molar refractivity (Wildman–Crippen MR) is 122 cm³/mol. The molecule has 0 saturated carbocycles. The SMILES string of the molecule is CC(=O)N1CCN(c2ccc(C(=O)N3CCCCC3C(=O)N3CCCC3)cc2[N+](=O)[O-])CC1. The van der Waals surface area contributed by atoms with Crippen LogP contribution in [0, 0.1) is 10.1 Å². The fourth-order valence-electron chi connectivity index (χ4n) is 5.08. The second-order valence-electron chi connectivity index (χ2n) is 9.00. The topological polar surface area (TPSA) is 107 Å². The lowest BCUT2D eigenvalue weighted by Gasteiger charge is -2.37. The van der Waals surface area contributed by atoms with Crippen molar-refractivity contribution in [1.29, 1.82) is 0 Å². The second-order valence-corrected chi connectivity index (χ2v) is 9.00. The van der Waals surface area contributed by atoms with E-state index in [9.17, 15) is 24.5 Å². The van der Waals surface area contributed by atoms with Crippen LogP contribution in [0.3, 0.4) is 0 Å². The summed E-state index contributed by atoms with van der Waals surface area (Å²) in [4.78, 5) is 56.4. The fourth-order valence-corrected chi connectivity index (χ4v) is 5.08. The molecule has 33 heavy (non-hydrogen) atoms. The number of nitrogens with zero attached hydrogens (tertiary/aromatic N) is 5. The van der Waals surface area contributed by atoms with Gasteiger partial charge in [-0.25, -0.2) is 0 Å².